The first-order valence-corrected chi connectivity index (χ1v) is 8.24. The topological polar surface area (TPSA) is 75.0 Å². The summed E-state index contributed by atoms with van der Waals surface area (Å²) in [7, 11) is 0. The number of aromatic nitrogens is 1. The van der Waals surface area contributed by atoms with Gasteiger partial charge in [-0.15, -0.1) is 0 Å². The highest BCUT2D eigenvalue weighted by Gasteiger charge is 2.28. The van der Waals surface area contributed by atoms with Crippen LogP contribution < -0.4 is 5.32 Å². The lowest BCUT2D eigenvalue weighted by Gasteiger charge is -2.14. The van der Waals surface area contributed by atoms with E-state index in [1.54, 1.807) is 12.1 Å². The summed E-state index contributed by atoms with van der Waals surface area (Å²) >= 11 is 0. The molecule has 0 saturated heterocycles. The van der Waals surface area contributed by atoms with E-state index in [9.17, 15) is 4.79 Å². The molecule has 1 N–H and O–H groups in total. The maximum Gasteiger partial charge on any atom is 0.412 e. The van der Waals surface area contributed by atoms with E-state index in [4.69, 9.17) is 10.00 Å². The van der Waals surface area contributed by atoms with Gasteiger partial charge in [0.05, 0.1) is 5.56 Å². The second-order valence-corrected chi connectivity index (χ2v) is 5.99. The first-order chi connectivity index (χ1) is 12.8. The van der Waals surface area contributed by atoms with Crippen molar-refractivity contribution < 1.29 is 9.53 Å². The lowest BCUT2D eigenvalue weighted by molar-refractivity contribution is 0.158. The van der Waals surface area contributed by atoms with Gasteiger partial charge >= 0.3 is 6.09 Å². The third-order valence-electron chi connectivity index (χ3n) is 4.47. The van der Waals surface area contributed by atoms with Crippen molar-refractivity contribution in [2.75, 3.05) is 11.9 Å². The summed E-state index contributed by atoms with van der Waals surface area (Å²) in [5, 5.41) is 11.4. The van der Waals surface area contributed by atoms with Gasteiger partial charge < -0.3 is 4.74 Å². The third kappa shape index (κ3) is 2.89. The van der Waals surface area contributed by atoms with Crippen LogP contribution in [0.1, 0.15) is 22.6 Å². The summed E-state index contributed by atoms with van der Waals surface area (Å²) in [6, 6.07) is 21.5. The van der Waals surface area contributed by atoms with Crippen LogP contribution in [0.25, 0.3) is 11.1 Å². The zero-order valence-electron chi connectivity index (χ0n) is 13.8. The SMILES string of the molecule is N#Cc1ccc(NC(=O)OCC2c3ccccc3-c3ccccc32)nc1. The lowest BCUT2D eigenvalue weighted by atomic mass is 9.98. The Morgan fingerprint density at radius 3 is 2.27 bits per heavy atom. The van der Waals surface area contributed by atoms with Crippen molar-refractivity contribution in [1.82, 2.24) is 4.98 Å². The van der Waals surface area contributed by atoms with Crippen molar-refractivity contribution in [3.8, 4) is 17.2 Å². The molecule has 5 nitrogen and oxygen atoms in total. The summed E-state index contributed by atoms with van der Waals surface area (Å²) in [6.07, 6.45) is 0.836. The zero-order valence-corrected chi connectivity index (χ0v) is 13.8. The van der Waals surface area contributed by atoms with Crippen LogP contribution in [-0.2, 0) is 4.74 Å². The van der Waals surface area contributed by atoms with E-state index >= 15 is 0 Å². The molecule has 0 spiro atoms. The molecule has 1 heterocycles. The van der Waals surface area contributed by atoms with Crippen molar-refractivity contribution in [1.29, 1.82) is 5.26 Å². The number of carbonyl (C=O) groups is 1. The number of nitrogens with one attached hydrogen (secondary N) is 1. The number of hydrogen-bond donors (Lipinski definition) is 1. The molecular weight excluding hydrogens is 326 g/mol. The zero-order chi connectivity index (χ0) is 17.9. The number of hydrogen-bond acceptors (Lipinski definition) is 4. The molecule has 1 aliphatic rings. The molecule has 0 saturated carbocycles. The van der Waals surface area contributed by atoms with Gasteiger partial charge in [0.25, 0.3) is 0 Å². The molecule has 26 heavy (non-hydrogen) atoms. The van der Waals surface area contributed by atoms with Crippen LogP contribution in [-0.4, -0.2) is 17.7 Å². The Morgan fingerprint density at radius 2 is 1.69 bits per heavy atom. The molecule has 0 fully saturated rings. The molecule has 2 aromatic carbocycles. The van der Waals surface area contributed by atoms with Gasteiger partial charge in [-0.3, -0.25) is 5.32 Å². The van der Waals surface area contributed by atoms with Gasteiger partial charge in [-0.05, 0) is 34.4 Å². The Morgan fingerprint density at radius 1 is 1.04 bits per heavy atom. The molecular formula is C21H15N3O2. The first kappa shape index (κ1) is 15.9. The molecule has 1 aliphatic carbocycles. The van der Waals surface area contributed by atoms with Gasteiger partial charge in [-0.25, -0.2) is 9.78 Å². The fraction of sp³-hybridized carbons (Fsp3) is 0.0952. The van der Waals surface area contributed by atoms with Crippen LogP contribution in [0.3, 0.4) is 0 Å². The largest absolute Gasteiger partial charge is 0.448 e. The van der Waals surface area contributed by atoms with Crippen molar-refractivity contribution in [2.45, 2.75) is 5.92 Å². The number of rotatable bonds is 3. The van der Waals surface area contributed by atoms with Crippen molar-refractivity contribution in [3.05, 3.63) is 83.6 Å². The molecule has 0 unspecified atom stereocenters. The number of pyridine rings is 1. The smallest absolute Gasteiger partial charge is 0.412 e. The van der Waals surface area contributed by atoms with E-state index in [-0.39, 0.29) is 12.5 Å². The van der Waals surface area contributed by atoms with E-state index < -0.39 is 6.09 Å². The van der Waals surface area contributed by atoms with Crippen LogP contribution in [0.15, 0.2) is 66.9 Å². The Kier molecular flexibility index (Phi) is 4.08. The summed E-state index contributed by atoms with van der Waals surface area (Å²) < 4.78 is 5.45. The summed E-state index contributed by atoms with van der Waals surface area (Å²) in [5.41, 5.74) is 5.14. The summed E-state index contributed by atoms with van der Waals surface area (Å²) in [5.74, 6) is 0.364. The van der Waals surface area contributed by atoms with Crippen molar-refractivity contribution in [3.63, 3.8) is 0 Å². The Hall–Kier alpha value is -3.65. The first-order valence-electron chi connectivity index (χ1n) is 8.24. The molecule has 0 atom stereocenters. The van der Waals surface area contributed by atoms with Crippen LogP contribution >= 0.6 is 0 Å². The standard InChI is InChI=1S/C21H15N3O2/c22-11-14-9-10-20(23-12-14)24-21(25)26-13-19-17-7-3-1-5-15(17)16-6-2-4-8-18(16)19/h1-10,12,19H,13H2,(H,23,24,25). The second-order valence-electron chi connectivity index (χ2n) is 5.99. The predicted molar refractivity (Wildman–Crippen MR) is 97.6 cm³/mol. The average molecular weight is 341 g/mol. The molecule has 126 valence electrons. The highest BCUT2D eigenvalue weighted by molar-refractivity contribution is 5.84. The minimum absolute atomic E-state index is 0.0158. The van der Waals surface area contributed by atoms with Crippen LogP contribution in [0, 0.1) is 11.3 Å². The van der Waals surface area contributed by atoms with Gasteiger partial charge in [-0.2, -0.15) is 5.26 Å². The van der Waals surface area contributed by atoms with Crippen LogP contribution in [0.2, 0.25) is 0 Å². The second kappa shape index (κ2) is 6.69. The molecule has 0 radical (unpaired) electrons. The van der Waals surface area contributed by atoms with Crippen molar-refractivity contribution in [2.24, 2.45) is 0 Å². The number of ether oxygens (including phenoxy) is 1. The molecule has 5 heteroatoms. The van der Waals surface area contributed by atoms with Gasteiger partial charge in [0.1, 0.15) is 18.5 Å². The van der Waals surface area contributed by atoms with E-state index in [0.29, 0.717) is 11.4 Å². The molecule has 4 rings (SSSR count). The average Bonchev–Trinajstić information content (AvgIpc) is 3.01. The van der Waals surface area contributed by atoms with E-state index in [1.807, 2.05) is 30.3 Å². The fourth-order valence-electron chi connectivity index (χ4n) is 3.27. The molecule has 1 amide bonds. The third-order valence-corrected chi connectivity index (χ3v) is 4.47. The number of anilines is 1. The lowest BCUT2D eigenvalue weighted by Crippen LogP contribution is -2.18. The number of carbonyl (C=O) groups excluding carboxylic acids is 1. The molecule has 1 aromatic heterocycles. The van der Waals surface area contributed by atoms with E-state index in [1.165, 1.54) is 17.3 Å². The number of benzene rings is 2. The normalized spacial score (nSPS) is 12.0. The molecule has 0 aliphatic heterocycles. The van der Waals surface area contributed by atoms with Gasteiger partial charge in [-0.1, -0.05) is 48.5 Å². The molecule has 0 bridgehead atoms. The van der Waals surface area contributed by atoms with E-state index in [0.717, 1.165) is 11.1 Å². The number of nitrogens with zero attached hydrogens (tertiary/aromatic N) is 2. The van der Waals surface area contributed by atoms with Crippen molar-refractivity contribution >= 4 is 11.9 Å². The minimum Gasteiger partial charge on any atom is -0.448 e. The molecule has 3 aromatic rings. The minimum atomic E-state index is -0.566. The Labute approximate surface area is 150 Å². The summed E-state index contributed by atoms with van der Waals surface area (Å²) in [4.78, 5) is 16.1. The highest BCUT2D eigenvalue weighted by Crippen LogP contribution is 2.44. The van der Waals surface area contributed by atoms with Crippen LogP contribution in [0.4, 0.5) is 10.6 Å². The maximum absolute atomic E-state index is 12.1. The Balaban J connectivity index is 1.47. The van der Waals surface area contributed by atoms with Crippen LogP contribution in [0.5, 0.6) is 0 Å². The quantitative estimate of drug-likeness (QED) is 0.770. The van der Waals surface area contributed by atoms with Gasteiger partial charge in [0.2, 0.25) is 0 Å². The monoisotopic (exact) mass is 341 g/mol. The van der Waals surface area contributed by atoms with Gasteiger partial charge in [0.15, 0.2) is 0 Å². The maximum atomic E-state index is 12.1. The predicted octanol–water partition coefficient (Wildman–Crippen LogP) is 4.31. The van der Waals surface area contributed by atoms with Gasteiger partial charge in [0, 0.05) is 12.1 Å². The fourth-order valence-corrected chi connectivity index (χ4v) is 3.27. The van der Waals surface area contributed by atoms with E-state index in [2.05, 4.69) is 34.6 Å². The number of fused-ring (bicyclic) bond motifs is 3. The Bertz CT molecular complexity index is 961. The number of nitriles is 1. The number of amides is 1. The summed E-state index contributed by atoms with van der Waals surface area (Å²) in [6.45, 7) is 0.246. The highest BCUT2D eigenvalue weighted by atomic mass is 16.5.